The van der Waals surface area contributed by atoms with Gasteiger partial charge in [0.15, 0.2) is 11.5 Å². The van der Waals surface area contributed by atoms with E-state index in [1.807, 2.05) is 0 Å². The third-order valence-corrected chi connectivity index (χ3v) is 3.78. The van der Waals surface area contributed by atoms with Crippen LogP contribution in [0.5, 0.6) is 11.5 Å². The van der Waals surface area contributed by atoms with Crippen molar-refractivity contribution < 1.29 is 23.9 Å². The molecule has 0 saturated heterocycles. The summed E-state index contributed by atoms with van der Waals surface area (Å²) in [4.78, 5) is 26.4. The van der Waals surface area contributed by atoms with Crippen molar-refractivity contribution in [1.29, 1.82) is 0 Å². The number of nitrogens with zero attached hydrogens (tertiary/aromatic N) is 2. The van der Waals surface area contributed by atoms with E-state index in [-0.39, 0.29) is 23.6 Å². The van der Waals surface area contributed by atoms with Crippen LogP contribution in [0.3, 0.4) is 0 Å². The highest BCUT2D eigenvalue weighted by Gasteiger charge is 2.18. The van der Waals surface area contributed by atoms with Crippen LogP contribution in [0.2, 0.25) is 5.02 Å². The first kappa shape index (κ1) is 20.2. The van der Waals surface area contributed by atoms with E-state index < -0.39 is 10.9 Å². The molecule has 0 saturated carbocycles. The number of hydrogen-bond donors (Lipinski definition) is 0. The Kier molecular flexibility index (Phi) is 6.73. The molecule has 2 aromatic rings. The first-order valence-electron chi connectivity index (χ1n) is 7.82. The molecule has 27 heavy (non-hydrogen) atoms. The highest BCUT2D eigenvalue weighted by atomic mass is 35.5. The Morgan fingerprint density at radius 3 is 2.59 bits per heavy atom. The Labute approximate surface area is 160 Å². The van der Waals surface area contributed by atoms with Gasteiger partial charge >= 0.3 is 5.97 Å². The number of rotatable bonds is 7. The second kappa shape index (κ2) is 9.00. The Balaban J connectivity index is 2.45. The topological polar surface area (TPSA) is 101 Å². The summed E-state index contributed by atoms with van der Waals surface area (Å²) in [6.45, 7) is 1.78. The van der Waals surface area contributed by atoms with Crippen LogP contribution >= 0.6 is 11.6 Å². The van der Waals surface area contributed by atoms with Crippen molar-refractivity contribution in [2.24, 2.45) is 0 Å². The van der Waals surface area contributed by atoms with E-state index in [0.29, 0.717) is 22.1 Å². The number of methoxy groups -OCH3 is 2. The molecule has 0 aliphatic carbocycles. The minimum atomic E-state index is -0.696. The molecule has 0 amide bonds. The van der Waals surface area contributed by atoms with Crippen molar-refractivity contribution in [3.63, 3.8) is 0 Å². The Hall–Kier alpha value is -3.13. The summed E-state index contributed by atoms with van der Waals surface area (Å²) >= 11 is 6.17. The van der Waals surface area contributed by atoms with Crippen molar-refractivity contribution in [3.8, 4) is 11.5 Å². The zero-order chi connectivity index (χ0) is 20.0. The van der Waals surface area contributed by atoms with E-state index >= 15 is 0 Å². The standard InChI is InChI=1S/C18H17ClN2O6/c1-4-27-18(22)13-9-12(21(23)24)10-20-15(13)6-5-11-7-14(19)17(26-3)16(8-11)25-2/h5-10H,4H2,1-3H3/b6-5+. The molecule has 0 unspecified atom stereocenters. The fourth-order valence-electron chi connectivity index (χ4n) is 2.28. The number of halogens is 1. The third kappa shape index (κ3) is 4.73. The van der Waals surface area contributed by atoms with Crippen LogP contribution in [0, 0.1) is 10.1 Å². The lowest BCUT2D eigenvalue weighted by Gasteiger charge is -2.10. The maximum Gasteiger partial charge on any atom is 0.340 e. The minimum Gasteiger partial charge on any atom is -0.493 e. The number of ether oxygens (including phenoxy) is 3. The molecule has 0 spiro atoms. The number of hydrogen-bond acceptors (Lipinski definition) is 7. The van der Waals surface area contributed by atoms with Crippen LogP contribution in [-0.2, 0) is 4.74 Å². The smallest absolute Gasteiger partial charge is 0.340 e. The van der Waals surface area contributed by atoms with Crippen molar-refractivity contribution >= 4 is 35.4 Å². The average molecular weight is 393 g/mol. The summed E-state index contributed by atoms with van der Waals surface area (Å²) < 4.78 is 15.4. The van der Waals surface area contributed by atoms with E-state index in [1.165, 1.54) is 20.3 Å². The Morgan fingerprint density at radius 1 is 1.26 bits per heavy atom. The van der Waals surface area contributed by atoms with Crippen LogP contribution in [-0.4, -0.2) is 36.7 Å². The lowest BCUT2D eigenvalue weighted by atomic mass is 10.1. The first-order valence-corrected chi connectivity index (χ1v) is 8.20. The number of esters is 1. The van der Waals surface area contributed by atoms with Crippen LogP contribution in [0.25, 0.3) is 12.2 Å². The fourth-order valence-corrected chi connectivity index (χ4v) is 2.57. The maximum atomic E-state index is 12.1. The molecule has 0 aliphatic rings. The quantitative estimate of drug-likeness (QED) is 0.398. The van der Waals surface area contributed by atoms with Gasteiger partial charge in [-0.15, -0.1) is 0 Å². The average Bonchev–Trinajstić information content (AvgIpc) is 2.65. The molecule has 1 aromatic carbocycles. The molecule has 0 aliphatic heterocycles. The highest BCUT2D eigenvalue weighted by Crippen LogP contribution is 2.36. The maximum absolute atomic E-state index is 12.1. The van der Waals surface area contributed by atoms with Crippen molar-refractivity contribution in [2.45, 2.75) is 6.92 Å². The molecule has 0 fully saturated rings. The predicted octanol–water partition coefficient (Wildman–Crippen LogP) is 4.01. The van der Waals surface area contributed by atoms with Gasteiger partial charge in [0.05, 0.1) is 42.0 Å². The zero-order valence-corrected chi connectivity index (χ0v) is 15.6. The summed E-state index contributed by atoms with van der Waals surface area (Å²) in [5, 5.41) is 11.3. The molecule has 0 N–H and O–H groups in total. The number of carbonyl (C=O) groups is 1. The summed E-state index contributed by atoms with van der Waals surface area (Å²) in [6.07, 6.45) is 4.25. The molecule has 1 heterocycles. The molecule has 8 nitrogen and oxygen atoms in total. The van der Waals surface area contributed by atoms with Gasteiger partial charge in [-0.25, -0.2) is 9.78 Å². The van der Waals surface area contributed by atoms with Crippen LogP contribution in [0.4, 0.5) is 5.69 Å². The zero-order valence-electron chi connectivity index (χ0n) is 14.9. The minimum absolute atomic E-state index is 0.00567. The van der Waals surface area contributed by atoms with Crippen LogP contribution in [0.15, 0.2) is 24.4 Å². The number of pyridine rings is 1. The van der Waals surface area contributed by atoms with E-state index in [4.69, 9.17) is 25.8 Å². The van der Waals surface area contributed by atoms with Crippen LogP contribution < -0.4 is 9.47 Å². The third-order valence-electron chi connectivity index (χ3n) is 3.50. The Bertz CT molecular complexity index is 898. The molecular weight excluding hydrogens is 376 g/mol. The van der Waals surface area contributed by atoms with E-state index in [2.05, 4.69) is 4.98 Å². The van der Waals surface area contributed by atoms with Gasteiger partial charge in [0.25, 0.3) is 5.69 Å². The molecule has 0 radical (unpaired) electrons. The molecule has 142 valence electrons. The van der Waals surface area contributed by atoms with Crippen LogP contribution in [0.1, 0.15) is 28.5 Å². The monoisotopic (exact) mass is 392 g/mol. The normalized spacial score (nSPS) is 10.7. The lowest BCUT2D eigenvalue weighted by molar-refractivity contribution is -0.385. The fraction of sp³-hybridized carbons (Fsp3) is 0.222. The predicted molar refractivity (Wildman–Crippen MR) is 100 cm³/mol. The highest BCUT2D eigenvalue weighted by molar-refractivity contribution is 6.32. The van der Waals surface area contributed by atoms with E-state index in [1.54, 1.807) is 25.1 Å². The molecule has 0 atom stereocenters. The Morgan fingerprint density at radius 2 is 2.00 bits per heavy atom. The largest absolute Gasteiger partial charge is 0.493 e. The first-order chi connectivity index (χ1) is 12.9. The van der Waals surface area contributed by atoms with Gasteiger partial charge in [-0.05, 0) is 30.7 Å². The van der Waals surface area contributed by atoms with Gasteiger partial charge < -0.3 is 14.2 Å². The van der Waals surface area contributed by atoms with Gasteiger partial charge in [-0.2, -0.15) is 0 Å². The van der Waals surface area contributed by atoms with Gasteiger partial charge in [-0.3, -0.25) is 10.1 Å². The summed E-state index contributed by atoms with van der Waals surface area (Å²) in [7, 11) is 2.96. The van der Waals surface area contributed by atoms with Gasteiger partial charge in [-0.1, -0.05) is 17.7 Å². The van der Waals surface area contributed by atoms with E-state index in [0.717, 1.165) is 12.3 Å². The van der Waals surface area contributed by atoms with E-state index in [9.17, 15) is 14.9 Å². The second-order valence-corrected chi connectivity index (χ2v) is 5.58. The van der Waals surface area contributed by atoms with Crippen molar-refractivity contribution in [3.05, 3.63) is 56.4 Å². The number of carbonyl (C=O) groups excluding carboxylic acids is 1. The SMILES string of the molecule is CCOC(=O)c1cc([N+](=O)[O-])cnc1/C=C/c1cc(Cl)c(OC)c(OC)c1. The summed E-state index contributed by atoms with van der Waals surface area (Å²) in [6, 6.07) is 4.47. The van der Waals surface area contributed by atoms with Gasteiger partial charge in [0.1, 0.15) is 6.20 Å². The molecule has 1 aromatic heterocycles. The lowest BCUT2D eigenvalue weighted by Crippen LogP contribution is -2.08. The van der Waals surface area contributed by atoms with Gasteiger partial charge in [0.2, 0.25) is 0 Å². The van der Waals surface area contributed by atoms with Crippen molar-refractivity contribution in [1.82, 2.24) is 4.98 Å². The number of nitro groups is 1. The number of benzene rings is 1. The molecule has 9 heteroatoms. The number of aromatic nitrogens is 1. The summed E-state index contributed by atoms with van der Waals surface area (Å²) in [5.41, 5.74) is 0.579. The molecular formula is C18H17ClN2O6. The second-order valence-electron chi connectivity index (χ2n) is 5.18. The summed E-state index contributed by atoms with van der Waals surface area (Å²) in [5.74, 6) is 0.141. The van der Waals surface area contributed by atoms with Gasteiger partial charge in [0, 0.05) is 6.07 Å². The molecule has 2 rings (SSSR count). The van der Waals surface area contributed by atoms with Crippen molar-refractivity contribution in [2.75, 3.05) is 20.8 Å². The molecule has 0 bridgehead atoms.